The summed E-state index contributed by atoms with van der Waals surface area (Å²) in [6.07, 6.45) is 11.0. The normalized spacial score (nSPS) is 19.4. The standard InChI is InChI=1S/C34H42N4O5/c1-2-3-4-5-25(40)16-26(41)9-6-22-7-11-32(42)33(14-22)43-21-38-18-30-24(17-37-31(30)19-38)15-29-23(20-39)8-10-28-27(29)12-13-36-34(28)35/h7-8,10-11,13-14,17,19,25,34,39-40,42H,2-6,9,12,15-16,18,20-21,35H2,1H3/p+1. The van der Waals surface area contributed by atoms with Gasteiger partial charge >= 0.3 is 0 Å². The molecule has 2 aromatic carbocycles. The van der Waals surface area contributed by atoms with Gasteiger partial charge in [-0.25, -0.2) is 0 Å². The SMILES string of the molecule is CCCCCC(O)CC(=O)CCc1ccc(O)c(OC[NH+]2C=C3N=CC(Cc4c(CO)ccc5c4CC=NC5N)=C3C2)c1. The zero-order valence-electron chi connectivity index (χ0n) is 24.9. The van der Waals surface area contributed by atoms with Gasteiger partial charge in [0.2, 0.25) is 6.73 Å². The van der Waals surface area contributed by atoms with Gasteiger partial charge in [-0.2, -0.15) is 0 Å². The molecular weight excluding hydrogens is 544 g/mol. The molecule has 0 spiro atoms. The van der Waals surface area contributed by atoms with Crippen LogP contribution >= 0.6 is 0 Å². The number of aliphatic hydroxyl groups excluding tert-OH is 2. The number of fused-ring (bicyclic) bond motifs is 2. The van der Waals surface area contributed by atoms with Crippen molar-refractivity contribution < 1.29 is 29.8 Å². The molecule has 0 aromatic heterocycles. The first-order chi connectivity index (χ1) is 20.9. The van der Waals surface area contributed by atoms with E-state index in [9.17, 15) is 20.1 Å². The average molecular weight is 588 g/mol. The summed E-state index contributed by atoms with van der Waals surface area (Å²) in [5, 5.41) is 30.6. The fraction of sp³-hybridized carbons (Fsp3) is 0.441. The van der Waals surface area contributed by atoms with Crippen LogP contribution in [0, 0.1) is 0 Å². The lowest BCUT2D eigenvalue weighted by Gasteiger charge is -2.22. The summed E-state index contributed by atoms with van der Waals surface area (Å²) in [6, 6.07) is 9.10. The first kappa shape index (κ1) is 30.8. The summed E-state index contributed by atoms with van der Waals surface area (Å²) in [5.41, 5.74) is 14.4. The minimum Gasteiger partial charge on any atom is -0.504 e. The molecule has 3 atom stereocenters. The molecule has 3 heterocycles. The van der Waals surface area contributed by atoms with Gasteiger partial charge in [-0.05, 0) is 58.4 Å². The summed E-state index contributed by atoms with van der Waals surface area (Å²) in [4.78, 5) is 22.4. The van der Waals surface area contributed by atoms with E-state index in [2.05, 4.69) is 16.9 Å². The van der Waals surface area contributed by atoms with Crippen molar-refractivity contribution in [2.24, 2.45) is 15.7 Å². The number of phenols is 1. The number of aliphatic imine (C=N–C) groups is 2. The monoisotopic (exact) mass is 587 g/mol. The Morgan fingerprint density at radius 2 is 2.09 bits per heavy atom. The number of ether oxygens (including phenoxy) is 1. The highest BCUT2D eigenvalue weighted by molar-refractivity contribution is 5.87. The van der Waals surface area contributed by atoms with Gasteiger partial charge in [0.05, 0.1) is 12.7 Å². The lowest BCUT2D eigenvalue weighted by atomic mass is 9.87. The third kappa shape index (κ3) is 7.48. The van der Waals surface area contributed by atoms with Crippen LogP contribution in [0.15, 0.2) is 63.4 Å². The molecule has 5 rings (SSSR count). The van der Waals surface area contributed by atoms with Crippen LogP contribution in [0.4, 0.5) is 0 Å². The Hall–Kier alpha value is -3.63. The molecule has 3 unspecified atom stereocenters. The molecule has 43 heavy (non-hydrogen) atoms. The quantitative estimate of drug-likeness (QED) is 0.203. The smallest absolute Gasteiger partial charge is 0.227 e. The Balaban J connectivity index is 1.18. The van der Waals surface area contributed by atoms with E-state index >= 15 is 0 Å². The molecular formula is C34H43N4O5+. The van der Waals surface area contributed by atoms with E-state index in [1.165, 1.54) is 0 Å². The van der Waals surface area contributed by atoms with Crippen molar-refractivity contribution in [3.05, 3.63) is 81.2 Å². The number of benzene rings is 2. The molecule has 0 bridgehead atoms. The molecule has 9 nitrogen and oxygen atoms in total. The fourth-order valence-corrected chi connectivity index (χ4v) is 6.07. The van der Waals surface area contributed by atoms with Gasteiger partial charge < -0.3 is 25.8 Å². The molecule has 3 aliphatic rings. The molecule has 0 radical (unpaired) electrons. The number of aryl methyl sites for hydroxylation is 1. The summed E-state index contributed by atoms with van der Waals surface area (Å²) in [5.74, 6) is 0.478. The van der Waals surface area contributed by atoms with E-state index in [1.54, 1.807) is 18.2 Å². The Morgan fingerprint density at radius 3 is 2.91 bits per heavy atom. The second-order valence-electron chi connectivity index (χ2n) is 11.7. The molecule has 0 saturated carbocycles. The van der Waals surface area contributed by atoms with Crippen LogP contribution in [0.1, 0.15) is 79.4 Å². The second kappa shape index (κ2) is 14.2. The average Bonchev–Trinajstić information content (AvgIpc) is 3.57. The lowest BCUT2D eigenvalue weighted by molar-refractivity contribution is -0.855. The maximum atomic E-state index is 12.4. The van der Waals surface area contributed by atoms with Crippen LogP contribution in [0.25, 0.3) is 0 Å². The van der Waals surface area contributed by atoms with Crippen LogP contribution in [0.2, 0.25) is 0 Å². The number of rotatable bonds is 15. The number of Topliss-reactive ketones (excluding diaryl/α,β-unsaturated/α-hetero) is 1. The first-order valence-electron chi connectivity index (χ1n) is 15.3. The van der Waals surface area contributed by atoms with Crippen LogP contribution in [0.5, 0.6) is 11.5 Å². The topological polar surface area (TPSA) is 142 Å². The highest BCUT2D eigenvalue weighted by atomic mass is 16.5. The van der Waals surface area contributed by atoms with E-state index in [0.29, 0.717) is 51.1 Å². The molecule has 3 aliphatic heterocycles. The van der Waals surface area contributed by atoms with Gasteiger partial charge in [0.1, 0.15) is 30.4 Å². The molecule has 9 heteroatoms. The molecule has 2 aromatic rings. The van der Waals surface area contributed by atoms with E-state index in [4.69, 9.17) is 10.5 Å². The number of hydrogen-bond donors (Lipinski definition) is 5. The van der Waals surface area contributed by atoms with Gasteiger partial charge in [-0.15, -0.1) is 0 Å². The third-order valence-electron chi connectivity index (χ3n) is 8.52. The number of aliphatic hydroxyl groups is 2. The molecule has 0 saturated heterocycles. The first-order valence-corrected chi connectivity index (χ1v) is 15.3. The summed E-state index contributed by atoms with van der Waals surface area (Å²) in [6.45, 7) is 3.08. The van der Waals surface area contributed by atoms with Crippen molar-refractivity contribution in [3.63, 3.8) is 0 Å². The van der Waals surface area contributed by atoms with E-state index in [1.807, 2.05) is 30.8 Å². The van der Waals surface area contributed by atoms with Gasteiger partial charge in [-0.1, -0.05) is 44.4 Å². The van der Waals surface area contributed by atoms with Crippen molar-refractivity contribution >= 4 is 18.2 Å². The summed E-state index contributed by atoms with van der Waals surface area (Å²) in [7, 11) is 0. The maximum Gasteiger partial charge on any atom is 0.227 e. The molecule has 0 amide bonds. The van der Waals surface area contributed by atoms with Crippen molar-refractivity contribution in [2.75, 3.05) is 13.3 Å². The van der Waals surface area contributed by atoms with Gasteiger partial charge in [0.25, 0.3) is 0 Å². The molecule has 228 valence electrons. The number of carbonyl (C=O) groups excluding carboxylic acids is 1. The van der Waals surface area contributed by atoms with Crippen molar-refractivity contribution in [1.82, 2.24) is 0 Å². The zero-order valence-corrected chi connectivity index (χ0v) is 24.9. The third-order valence-corrected chi connectivity index (χ3v) is 8.52. The van der Waals surface area contributed by atoms with Crippen LogP contribution in [-0.4, -0.2) is 52.9 Å². The van der Waals surface area contributed by atoms with Crippen LogP contribution in [0.3, 0.4) is 0 Å². The summed E-state index contributed by atoms with van der Waals surface area (Å²) >= 11 is 0. The number of nitrogens with zero attached hydrogens (tertiary/aromatic N) is 2. The van der Waals surface area contributed by atoms with E-state index in [-0.39, 0.29) is 30.7 Å². The number of aromatic hydroxyl groups is 1. The summed E-state index contributed by atoms with van der Waals surface area (Å²) < 4.78 is 6.04. The van der Waals surface area contributed by atoms with Gasteiger partial charge in [0.15, 0.2) is 11.5 Å². The number of ketones is 1. The number of quaternary nitrogens is 1. The van der Waals surface area contributed by atoms with E-state index in [0.717, 1.165) is 68.8 Å². The minimum atomic E-state index is -0.572. The number of nitrogens with one attached hydrogen (secondary N) is 1. The van der Waals surface area contributed by atoms with Crippen molar-refractivity contribution in [1.29, 1.82) is 0 Å². The maximum absolute atomic E-state index is 12.4. The Labute approximate surface area is 253 Å². The Morgan fingerprint density at radius 1 is 1.23 bits per heavy atom. The van der Waals surface area contributed by atoms with Crippen LogP contribution in [-0.2, 0) is 30.7 Å². The molecule has 6 N–H and O–H groups in total. The highest BCUT2D eigenvalue weighted by Gasteiger charge is 2.30. The Bertz CT molecular complexity index is 1460. The lowest BCUT2D eigenvalue weighted by Crippen LogP contribution is -3.07. The predicted octanol–water partition coefficient (Wildman–Crippen LogP) is 3.00. The van der Waals surface area contributed by atoms with Gasteiger partial charge in [0, 0.05) is 43.7 Å². The Kier molecular flexibility index (Phi) is 10.2. The zero-order chi connectivity index (χ0) is 30.3. The fourth-order valence-electron chi connectivity index (χ4n) is 6.07. The molecule has 0 aliphatic carbocycles. The number of unbranched alkanes of at least 4 members (excludes halogenated alkanes) is 2. The second-order valence-corrected chi connectivity index (χ2v) is 11.7. The number of phenolic OH excluding ortho intramolecular Hbond substituents is 1. The van der Waals surface area contributed by atoms with E-state index < -0.39 is 6.10 Å². The number of hydrogen-bond acceptors (Lipinski definition) is 8. The number of carbonyl (C=O) groups is 1. The predicted molar refractivity (Wildman–Crippen MR) is 166 cm³/mol. The van der Waals surface area contributed by atoms with Crippen LogP contribution < -0.4 is 15.4 Å². The largest absolute Gasteiger partial charge is 0.504 e. The highest BCUT2D eigenvalue weighted by Crippen LogP contribution is 2.32. The number of nitrogens with two attached hydrogens (primary N) is 1. The van der Waals surface area contributed by atoms with Gasteiger partial charge in [-0.3, -0.25) is 19.7 Å². The number of allylic oxidation sites excluding steroid dienone is 1. The van der Waals surface area contributed by atoms with Crippen molar-refractivity contribution in [2.45, 2.75) is 83.6 Å². The van der Waals surface area contributed by atoms with Crippen molar-refractivity contribution in [3.8, 4) is 11.5 Å². The minimum absolute atomic E-state index is 0.0413. The molecule has 0 fully saturated rings.